The first-order valence-corrected chi connectivity index (χ1v) is 5.54. The van der Waals surface area contributed by atoms with Crippen LogP contribution < -0.4 is 0 Å². The topological polar surface area (TPSA) is 20.2 Å². The van der Waals surface area contributed by atoms with Crippen LogP contribution in [0.25, 0.3) is 0 Å². The summed E-state index contributed by atoms with van der Waals surface area (Å²) < 4.78 is 0. The maximum absolute atomic E-state index is 9.20. The second-order valence-corrected chi connectivity index (χ2v) is 4.55. The quantitative estimate of drug-likeness (QED) is 0.831. The Balaban J connectivity index is 0.00000112. The Kier molecular flexibility index (Phi) is 5.28. The van der Waals surface area contributed by atoms with Crippen LogP contribution in [0.4, 0.5) is 0 Å². The van der Waals surface area contributed by atoms with Crippen molar-refractivity contribution < 1.29 is 37.8 Å². The molecule has 1 nitrogen and oxygen atoms in total. The van der Waals surface area contributed by atoms with Gasteiger partial charge >= 0.3 is 0 Å². The zero-order valence-electron chi connectivity index (χ0n) is 9.32. The van der Waals surface area contributed by atoms with Gasteiger partial charge in [0.25, 0.3) is 0 Å². The van der Waals surface area contributed by atoms with Gasteiger partial charge in [-0.3, -0.25) is 0 Å². The van der Waals surface area contributed by atoms with Crippen molar-refractivity contribution in [3.05, 3.63) is 29.8 Å². The molecule has 0 saturated heterocycles. The number of benzene rings is 1. The molecule has 0 unspecified atom stereocenters. The van der Waals surface area contributed by atoms with Crippen molar-refractivity contribution in [1.82, 2.24) is 0 Å². The van der Waals surface area contributed by atoms with Crippen molar-refractivity contribution in [1.29, 1.82) is 0 Å². The Labute approximate surface area is 117 Å². The van der Waals surface area contributed by atoms with Gasteiger partial charge in [0, 0.05) is 32.7 Å². The summed E-state index contributed by atoms with van der Waals surface area (Å²) in [6.07, 6.45) is 5.33. The predicted octanol–water partition coefficient (Wildman–Crippen LogP) is 3.68. The molecular weight excluding hydrogens is 261 g/mol. The van der Waals surface area contributed by atoms with Crippen LogP contribution in [-0.2, 0) is 32.7 Å². The molecule has 0 amide bonds. The van der Waals surface area contributed by atoms with Crippen LogP contribution in [-0.4, -0.2) is 5.11 Å². The first-order valence-electron chi connectivity index (χ1n) is 5.54. The van der Waals surface area contributed by atoms with E-state index in [9.17, 15) is 5.11 Å². The molecule has 0 heterocycles. The fourth-order valence-electron chi connectivity index (χ4n) is 2.34. The molecule has 1 fully saturated rings. The summed E-state index contributed by atoms with van der Waals surface area (Å²) in [7, 11) is 0. The van der Waals surface area contributed by atoms with E-state index in [1.165, 1.54) is 31.2 Å². The van der Waals surface area contributed by atoms with Gasteiger partial charge in [-0.2, -0.15) is 0 Å². The molecule has 15 heavy (non-hydrogen) atoms. The summed E-state index contributed by atoms with van der Waals surface area (Å²) in [5, 5.41) is 9.20. The first-order chi connectivity index (χ1) is 6.75. The second kappa shape index (κ2) is 6.01. The molecule has 1 aliphatic rings. The molecule has 0 spiro atoms. The summed E-state index contributed by atoms with van der Waals surface area (Å²) in [6, 6.07) is 7.73. The predicted molar refractivity (Wildman–Crippen MR) is 58.5 cm³/mol. The van der Waals surface area contributed by atoms with Gasteiger partial charge < -0.3 is 5.11 Å². The molecule has 1 aromatic carbocycles. The maximum Gasteiger partial charge on any atom is 0.115 e. The molecule has 1 saturated carbocycles. The third kappa shape index (κ3) is 3.57. The Hall–Kier alpha value is 0.124. The fourth-order valence-corrected chi connectivity index (χ4v) is 2.34. The molecule has 0 aliphatic heterocycles. The number of aromatic hydroxyl groups is 1. The minimum atomic E-state index is 0. The molecule has 0 aromatic heterocycles. The molecule has 1 radical (unpaired) electrons. The van der Waals surface area contributed by atoms with Gasteiger partial charge in [-0.15, -0.1) is 0 Å². The van der Waals surface area contributed by atoms with Gasteiger partial charge in [0.15, 0.2) is 0 Å². The average molecular weight is 279 g/mol. The Morgan fingerprint density at radius 1 is 1.00 bits per heavy atom. The van der Waals surface area contributed by atoms with Gasteiger partial charge in [-0.25, -0.2) is 0 Å². The fraction of sp³-hybridized carbons (Fsp3) is 0.538. The summed E-state index contributed by atoms with van der Waals surface area (Å²) in [5.41, 5.74) is 1.40. The Morgan fingerprint density at radius 2 is 1.53 bits per heavy atom. The van der Waals surface area contributed by atoms with Crippen LogP contribution in [0.2, 0.25) is 0 Å². The number of hydrogen-bond acceptors (Lipinski definition) is 1. The van der Waals surface area contributed by atoms with Crippen LogP contribution >= 0.6 is 0 Å². The van der Waals surface area contributed by atoms with E-state index >= 15 is 0 Å². The molecule has 79 valence electrons. The summed E-state index contributed by atoms with van der Waals surface area (Å²) in [5.74, 6) is 2.01. The van der Waals surface area contributed by atoms with E-state index in [0.29, 0.717) is 5.75 Å². The smallest absolute Gasteiger partial charge is 0.115 e. The van der Waals surface area contributed by atoms with Gasteiger partial charge in [-0.05, 0) is 42.4 Å². The third-order valence-electron chi connectivity index (χ3n) is 3.38. The van der Waals surface area contributed by atoms with Crippen LogP contribution in [0.3, 0.4) is 0 Å². The number of phenolic OH excluding ortho intramolecular Hbond substituents is 1. The van der Waals surface area contributed by atoms with Crippen LogP contribution in [0.5, 0.6) is 5.75 Å². The molecule has 2 heteroatoms. The van der Waals surface area contributed by atoms with E-state index in [-0.39, 0.29) is 32.7 Å². The van der Waals surface area contributed by atoms with Gasteiger partial charge in [0.2, 0.25) is 0 Å². The standard InChI is InChI=1S/C13H18O.Y/c1-10-2-4-11(5-3-10)12-6-8-13(14)9-7-12;/h6-11,14H,2-5H2,1H3;. The third-order valence-corrected chi connectivity index (χ3v) is 3.38. The number of rotatable bonds is 1. The summed E-state index contributed by atoms with van der Waals surface area (Å²) in [4.78, 5) is 0. The first kappa shape index (κ1) is 13.2. The average Bonchev–Trinajstić information content (AvgIpc) is 2.21. The van der Waals surface area contributed by atoms with Gasteiger partial charge in [0.05, 0.1) is 0 Å². The minimum Gasteiger partial charge on any atom is -0.508 e. The normalized spacial score (nSPS) is 25.7. The summed E-state index contributed by atoms with van der Waals surface area (Å²) >= 11 is 0. The Bertz CT molecular complexity index is 286. The molecule has 1 aromatic rings. The number of phenols is 1. The molecule has 0 bridgehead atoms. The number of hydrogen-bond donors (Lipinski definition) is 1. The van der Waals surface area contributed by atoms with Crippen LogP contribution in [0.1, 0.15) is 44.1 Å². The molecule has 1 aliphatic carbocycles. The maximum atomic E-state index is 9.20. The van der Waals surface area contributed by atoms with Crippen molar-refractivity contribution in [2.75, 3.05) is 0 Å². The van der Waals surface area contributed by atoms with E-state index in [0.717, 1.165) is 11.8 Å². The van der Waals surface area contributed by atoms with Gasteiger partial charge in [-0.1, -0.05) is 31.9 Å². The van der Waals surface area contributed by atoms with Crippen LogP contribution in [0.15, 0.2) is 24.3 Å². The van der Waals surface area contributed by atoms with Crippen molar-refractivity contribution in [2.45, 2.75) is 38.5 Å². The molecule has 1 N–H and O–H groups in total. The van der Waals surface area contributed by atoms with Crippen molar-refractivity contribution in [3.63, 3.8) is 0 Å². The molecule has 2 rings (SSSR count). The molecular formula is C13H18OY. The van der Waals surface area contributed by atoms with E-state index in [4.69, 9.17) is 0 Å². The van der Waals surface area contributed by atoms with E-state index < -0.39 is 0 Å². The molecule has 0 atom stereocenters. The Morgan fingerprint density at radius 3 is 2.07 bits per heavy atom. The van der Waals surface area contributed by atoms with Crippen molar-refractivity contribution in [2.24, 2.45) is 5.92 Å². The van der Waals surface area contributed by atoms with E-state index in [2.05, 4.69) is 19.1 Å². The van der Waals surface area contributed by atoms with E-state index in [1.54, 1.807) is 12.1 Å². The van der Waals surface area contributed by atoms with Gasteiger partial charge in [0.1, 0.15) is 5.75 Å². The largest absolute Gasteiger partial charge is 0.508 e. The van der Waals surface area contributed by atoms with Crippen molar-refractivity contribution >= 4 is 0 Å². The SMILES string of the molecule is CC1CCC(c2ccc(O)cc2)CC1.[Y]. The minimum absolute atomic E-state index is 0. The van der Waals surface area contributed by atoms with Crippen LogP contribution in [0, 0.1) is 5.92 Å². The zero-order chi connectivity index (χ0) is 9.97. The summed E-state index contributed by atoms with van der Waals surface area (Å²) in [6.45, 7) is 2.34. The second-order valence-electron chi connectivity index (χ2n) is 4.55. The zero-order valence-corrected chi connectivity index (χ0v) is 12.2. The van der Waals surface area contributed by atoms with Crippen molar-refractivity contribution in [3.8, 4) is 5.75 Å². The van der Waals surface area contributed by atoms with E-state index in [1.807, 2.05) is 0 Å². The monoisotopic (exact) mass is 279 g/mol.